The van der Waals surface area contributed by atoms with Gasteiger partial charge >= 0.3 is 10.1 Å². The molecule has 1 fully saturated rings. The van der Waals surface area contributed by atoms with E-state index in [2.05, 4.69) is 4.18 Å². The van der Waals surface area contributed by atoms with Crippen molar-refractivity contribution in [1.29, 1.82) is 0 Å². The zero-order chi connectivity index (χ0) is 20.8. The number of benzene rings is 2. The van der Waals surface area contributed by atoms with E-state index in [9.17, 15) is 30.4 Å². The first kappa shape index (κ1) is 20.8. The van der Waals surface area contributed by atoms with Crippen LogP contribution < -0.4 is 4.18 Å². The molecule has 1 saturated heterocycles. The Hall–Kier alpha value is -1.95. The smallest absolute Gasteiger partial charge is 0.316 e. The van der Waals surface area contributed by atoms with Crippen LogP contribution in [0.3, 0.4) is 0 Å². The highest BCUT2D eigenvalue weighted by molar-refractivity contribution is 7.87. The van der Waals surface area contributed by atoms with Crippen LogP contribution in [0.4, 0.5) is 22.0 Å². The molecule has 0 aromatic heterocycles. The van der Waals surface area contributed by atoms with E-state index in [1.165, 1.54) is 19.2 Å². The van der Waals surface area contributed by atoms with Gasteiger partial charge in [0.15, 0.2) is 0 Å². The van der Waals surface area contributed by atoms with Crippen LogP contribution in [0.15, 0.2) is 24.3 Å². The van der Waals surface area contributed by atoms with Crippen LogP contribution >= 0.6 is 11.6 Å². The standard InChI is InChI=1S/C16H11ClF5NO4S/c1-23-15(7-4-2-3-5-8(7)17)9(6-26-23)28(24,25)27-16-13(21)11(19)10(18)12(20)14(16)22/h2-5,9,15H,6H2,1H3/t9-,15+/m1/s1. The topological polar surface area (TPSA) is 55.8 Å². The molecule has 12 heteroatoms. The lowest BCUT2D eigenvalue weighted by Gasteiger charge is -2.23. The Balaban J connectivity index is 2.03. The van der Waals surface area contributed by atoms with Crippen molar-refractivity contribution in [2.24, 2.45) is 0 Å². The highest BCUT2D eigenvalue weighted by Crippen LogP contribution is 2.39. The quantitative estimate of drug-likeness (QED) is 0.312. The molecule has 0 aliphatic carbocycles. The van der Waals surface area contributed by atoms with Gasteiger partial charge in [-0.1, -0.05) is 29.8 Å². The van der Waals surface area contributed by atoms with Crippen molar-refractivity contribution in [3.8, 4) is 5.75 Å². The van der Waals surface area contributed by atoms with Gasteiger partial charge in [-0.2, -0.15) is 22.3 Å². The molecule has 1 aliphatic rings. The number of halogens is 6. The molecule has 152 valence electrons. The van der Waals surface area contributed by atoms with Crippen LogP contribution in [-0.4, -0.2) is 32.4 Å². The Morgan fingerprint density at radius 1 is 1.04 bits per heavy atom. The molecular formula is C16H11ClF5NO4S. The maximum absolute atomic E-state index is 13.8. The van der Waals surface area contributed by atoms with Gasteiger partial charge in [0.05, 0.1) is 12.6 Å². The van der Waals surface area contributed by atoms with E-state index in [0.717, 1.165) is 5.06 Å². The lowest BCUT2D eigenvalue weighted by Crippen LogP contribution is -2.34. The third-order valence-corrected chi connectivity index (χ3v) is 6.03. The summed E-state index contributed by atoms with van der Waals surface area (Å²) in [6, 6.07) is 5.09. The normalized spacial score (nSPS) is 20.5. The van der Waals surface area contributed by atoms with Crippen molar-refractivity contribution < 1.29 is 39.4 Å². The molecule has 1 aliphatic heterocycles. The van der Waals surface area contributed by atoms with E-state index in [4.69, 9.17) is 16.4 Å². The molecule has 0 N–H and O–H groups in total. The Kier molecular flexibility index (Phi) is 5.54. The maximum atomic E-state index is 13.8. The third-order valence-electron chi connectivity index (χ3n) is 4.15. The SMILES string of the molecule is CN1OC[C@@H](S(=O)(=O)Oc2c(F)c(F)c(F)c(F)c2F)[C@@H]1c1ccccc1Cl. The van der Waals surface area contributed by atoms with Crippen LogP contribution in [-0.2, 0) is 15.0 Å². The molecule has 3 rings (SSSR count). The highest BCUT2D eigenvalue weighted by Gasteiger charge is 2.46. The number of nitrogens with zero attached hydrogens (tertiary/aromatic N) is 1. The van der Waals surface area contributed by atoms with Crippen molar-refractivity contribution in [2.45, 2.75) is 11.3 Å². The first-order valence-corrected chi connectivity index (χ1v) is 9.46. The molecule has 2 atom stereocenters. The van der Waals surface area contributed by atoms with Gasteiger partial charge in [-0.05, 0) is 11.6 Å². The van der Waals surface area contributed by atoms with Crippen molar-refractivity contribution in [2.75, 3.05) is 13.7 Å². The number of hydroxylamine groups is 2. The molecule has 5 nitrogen and oxygen atoms in total. The van der Waals surface area contributed by atoms with Gasteiger partial charge in [-0.25, -0.2) is 13.2 Å². The summed E-state index contributed by atoms with van der Waals surface area (Å²) >= 11 is 6.08. The van der Waals surface area contributed by atoms with Gasteiger partial charge in [0, 0.05) is 12.1 Å². The average molecular weight is 444 g/mol. The zero-order valence-electron chi connectivity index (χ0n) is 13.9. The van der Waals surface area contributed by atoms with Crippen molar-refractivity contribution in [1.82, 2.24) is 5.06 Å². The fourth-order valence-electron chi connectivity index (χ4n) is 2.78. The molecular weight excluding hydrogens is 433 g/mol. The van der Waals surface area contributed by atoms with Crippen LogP contribution in [0, 0.1) is 29.1 Å². The number of rotatable bonds is 4. The van der Waals surface area contributed by atoms with Crippen LogP contribution in [0.2, 0.25) is 5.02 Å². The molecule has 0 unspecified atom stereocenters. The summed E-state index contributed by atoms with van der Waals surface area (Å²) in [6.45, 7) is -0.496. The van der Waals surface area contributed by atoms with E-state index in [-0.39, 0.29) is 5.02 Å². The fourth-order valence-corrected chi connectivity index (χ4v) is 4.40. The lowest BCUT2D eigenvalue weighted by molar-refractivity contribution is -0.110. The van der Waals surface area contributed by atoms with Gasteiger partial charge in [0.25, 0.3) is 0 Å². The van der Waals surface area contributed by atoms with E-state index < -0.39 is 62.9 Å². The van der Waals surface area contributed by atoms with Gasteiger partial charge < -0.3 is 4.18 Å². The molecule has 28 heavy (non-hydrogen) atoms. The molecule has 0 amide bonds. The first-order chi connectivity index (χ1) is 13.1. The summed E-state index contributed by atoms with van der Waals surface area (Å²) in [5.41, 5.74) is 0.304. The van der Waals surface area contributed by atoms with Crippen molar-refractivity contribution in [3.05, 3.63) is 63.9 Å². The molecule has 1 heterocycles. The van der Waals surface area contributed by atoms with E-state index in [0.29, 0.717) is 5.56 Å². The van der Waals surface area contributed by atoms with Gasteiger partial charge in [-0.15, -0.1) is 0 Å². The van der Waals surface area contributed by atoms with E-state index in [1.54, 1.807) is 12.1 Å². The summed E-state index contributed by atoms with van der Waals surface area (Å²) in [4.78, 5) is 5.16. The minimum absolute atomic E-state index is 0.182. The Morgan fingerprint density at radius 2 is 1.57 bits per heavy atom. The Morgan fingerprint density at radius 3 is 2.14 bits per heavy atom. The number of hydrogen-bond donors (Lipinski definition) is 0. The lowest BCUT2D eigenvalue weighted by atomic mass is 10.0. The molecule has 0 saturated carbocycles. The van der Waals surface area contributed by atoms with E-state index in [1.807, 2.05) is 0 Å². The fraction of sp³-hybridized carbons (Fsp3) is 0.250. The second kappa shape index (κ2) is 7.47. The monoisotopic (exact) mass is 443 g/mol. The molecule has 0 bridgehead atoms. The third kappa shape index (κ3) is 3.43. The predicted octanol–water partition coefficient (Wildman–Crippen LogP) is 3.73. The second-order valence-electron chi connectivity index (χ2n) is 5.82. The molecule has 0 radical (unpaired) electrons. The summed E-state index contributed by atoms with van der Waals surface area (Å²) < 4.78 is 97.0. The van der Waals surface area contributed by atoms with E-state index >= 15 is 0 Å². The predicted molar refractivity (Wildman–Crippen MR) is 87.5 cm³/mol. The minimum Gasteiger partial charge on any atom is -0.376 e. The zero-order valence-corrected chi connectivity index (χ0v) is 15.5. The average Bonchev–Trinajstić information content (AvgIpc) is 3.05. The number of hydrogen-bond acceptors (Lipinski definition) is 5. The second-order valence-corrected chi connectivity index (χ2v) is 7.99. The molecule has 2 aromatic rings. The molecule has 2 aromatic carbocycles. The van der Waals surface area contributed by atoms with Crippen LogP contribution in [0.5, 0.6) is 5.75 Å². The summed E-state index contributed by atoms with van der Waals surface area (Å²) in [5.74, 6) is -13.8. The Bertz CT molecular complexity index is 1010. The van der Waals surface area contributed by atoms with Crippen molar-refractivity contribution >= 4 is 21.7 Å². The highest BCUT2D eigenvalue weighted by atomic mass is 35.5. The Labute approximate surface area is 161 Å². The molecule has 0 spiro atoms. The van der Waals surface area contributed by atoms with Gasteiger partial charge in [0.1, 0.15) is 5.25 Å². The largest absolute Gasteiger partial charge is 0.376 e. The summed E-state index contributed by atoms with van der Waals surface area (Å²) in [5, 5.41) is -0.237. The minimum atomic E-state index is -4.91. The first-order valence-electron chi connectivity index (χ1n) is 7.61. The van der Waals surface area contributed by atoms with Crippen LogP contribution in [0.1, 0.15) is 11.6 Å². The van der Waals surface area contributed by atoms with Gasteiger partial charge in [0.2, 0.25) is 34.8 Å². The van der Waals surface area contributed by atoms with Crippen LogP contribution in [0.25, 0.3) is 0 Å². The maximum Gasteiger partial charge on any atom is 0.316 e. The van der Waals surface area contributed by atoms with Crippen molar-refractivity contribution in [3.63, 3.8) is 0 Å². The summed E-state index contributed by atoms with van der Waals surface area (Å²) in [6.07, 6.45) is 0. The van der Waals surface area contributed by atoms with Gasteiger partial charge in [-0.3, -0.25) is 4.84 Å². The summed E-state index contributed by atoms with van der Waals surface area (Å²) in [7, 11) is -3.52.